The van der Waals surface area contributed by atoms with Gasteiger partial charge in [0.2, 0.25) is 0 Å². The minimum absolute atomic E-state index is 0.112. The highest BCUT2D eigenvalue weighted by Gasteiger charge is 2.24. The maximum atomic E-state index is 11.7. The SMILES string of the molecule is CC(CC(=O)O)NC(=O)N1CCOC(CO)C1. The van der Waals surface area contributed by atoms with Crippen LogP contribution in [0.3, 0.4) is 0 Å². The predicted molar refractivity (Wildman–Crippen MR) is 58.6 cm³/mol. The Morgan fingerprint density at radius 1 is 1.59 bits per heavy atom. The molecule has 0 spiro atoms. The number of urea groups is 1. The van der Waals surface area contributed by atoms with E-state index in [1.165, 1.54) is 4.90 Å². The molecule has 0 aromatic rings. The highest BCUT2D eigenvalue weighted by atomic mass is 16.5. The first-order chi connectivity index (χ1) is 8.02. The summed E-state index contributed by atoms with van der Waals surface area (Å²) in [6.45, 7) is 2.65. The molecule has 7 nitrogen and oxygen atoms in total. The Morgan fingerprint density at radius 3 is 2.88 bits per heavy atom. The number of morpholine rings is 1. The molecule has 98 valence electrons. The van der Waals surface area contributed by atoms with Crippen LogP contribution in [0.5, 0.6) is 0 Å². The van der Waals surface area contributed by atoms with E-state index in [4.69, 9.17) is 14.9 Å². The molecule has 1 saturated heterocycles. The minimum atomic E-state index is -0.951. The van der Waals surface area contributed by atoms with Crippen molar-refractivity contribution >= 4 is 12.0 Å². The molecule has 1 fully saturated rings. The molecule has 2 atom stereocenters. The van der Waals surface area contributed by atoms with E-state index in [-0.39, 0.29) is 25.2 Å². The van der Waals surface area contributed by atoms with Crippen LogP contribution in [-0.2, 0) is 9.53 Å². The third-order valence-corrected chi connectivity index (χ3v) is 2.48. The number of carbonyl (C=O) groups excluding carboxylic acids is 1. The molecule has 2 unspecified atom stereocenters. The highest BCUT2D eigenvalue weighted by molar-refractivity contribution is 5.76. The van der Waals surface area contributed by atoms with Gasteiger partial charge in [0, 0.05) is 12.6 Å². The van der Waals surface area contributed by atoms with Crippen LogP contribution in [0.1, 0.15) is 13.3 Å². The zero-order valence-corrected chi connectivity index (χ0v) is 9.76. The molecule has 1 rings (SSSR count). The average Bonchev–Trinajstić information content (AvgIpc) is 2.27. The van der Waals surface area contributed by atoms with Crippen LogP contribution in [0.4, 0.5) is 4.79 Å². The van der Waals surface area contributed by atoms with Crippen LogP contribution < -0.4 is 5.32 Å². The van der Waals surface area contributed by atoms with Gasteiger partial charge >= 0.3 is 12.0 Å². The zero-order valence-electron chi connectivity index (χ0n) is 9.76. The van der Waals surface area contributed by atoms with Gasteiger partial charge in [-0.15, -0.1) is 0 Å². The van der Waals surface area contributed by atoms with Gasteiger partial charge in [-0.25, -0.2) is 4.79 Å². The largest absolute Gasteiger partial charge is 0.481 e. The topological polar surface area (TPSA) is 99.1 Å². The van der Waals surface area contributed by atoms with Gasteiger partial charge in [-0.3, -0.25) is 4.79 Å². The number of hydrogen-bond acceptors (Lipinski definition) is 4. The first kappa shape index (κ1) is 13.7. The molecule has 17 heavy (non-hydrogen) atoms. The second-order valence-electron chi connectivity index (χ2n) is 4.07. The minimum Gasteiger partial charge on any atom is -0.481 e. The highest BCUT2D eigenvalue weighted by Crippen LogP contribution is 2.05. The van der Waals surface area contributed by atoms with Crippen molar-refractivity contribution in [3.8, 4) is 0 Å². The van der Waals surface area contributed by atoms with Crippen molar-refractivity contribution in [1.82, 2.24) is 10.2 Å². The van der Waals surface area contributed by atoms with Gasteiger partial charge in [-0.1, -0.05) is 0 Å². The van der Waals surface area contributed by atoms with Gasteiger partial charge < -0.3 is 25.2 Å². The Kier molecular flexibility index (Phi) is 5.17. The normalized spacial score (nSPS) is 22.0. The maximum Gasteiger partial charge on any atom is 0.317 e. The summed E-state index contributed by atoms with van der Waals surface area (Å²) in [5, 5.41) is 20.1. The van der Waals surface area contributed by atoms with Crippen molar-refractivity contribution in [3.63, 3.8) is 0 Å². The summed E-state index contributed by atoms with van der Waals surface area (Å²) in [7, 11) is 0. The van der Waals surface area contributed by atoms with E-state index in [1.54, 1.807) is 6.92 Å². The quantitative estimate of drug-likeness (QED) is 0.606. The number of carboxylic acid groups (broad SMARTS) is 1. The van der Waals surface area contributed by atoms with Gasteiger partial charge in [-0.05, 0) is 6.92 Å². The molecule has 1 heterocycles. The fraction of sp³-hybridized carbons (Fsp3) is 0.800. The van der Waals surface area contributed by atoms with Crippen molar-refractivity contribution in [2.45, 2.75) is 25.5 Å². The van der Waals surface area contributed by atoms with Crippen LogP contribution in [0.25, 0.3) is 0 Å². The summed E-state index contributed by atoms with van der Waals surface area (Å²) in [6.07, 6.45) is -0.469. The second kappa shape index (κ2) is 6.41. The molecular weight excluding hydrogens is 228 g/mol. The lowest BCUT2D eigenvalue weighted by Gasteiger charge is -2.32. The molecule has 1 aliphatic heterocycles. The summed E-state index contributed by atoms with van der Waals surface area (Å²) in [5.41, 5.74) is 0. The van der Waals surface area contributed by atoms with Gasteiger partial charge in [0.1, 0.15) is 0 Å². The number of nitrogens with one attached hydrogen (secondary N) is 1. The van der Waals surface area contributed by atoms with E-state index >= 15 is 0 Å². The number of carboxylic acids is 1. The van der Waals surface area contributed by atoms with Crippen LogP contribution in [-0.4, -0.2) is 65.6 Å². The Balaban J connectivity index is 2.38. The maximum absolute atomic E-state index is 11.7. The lowest BCUT2D eigenvalue weighted by Crippen LogP contribution is -2.52. The van der Waals surface area contributed by atoms with E-state index in [1.807, 2.05) is 0 Å². The molecule has 0 radical (unpaired) electrons. The number of nitrogens with zero attached hydrogens (tertiary/aromatic N) is 1. The number of rotatable bonds is 4. The molecule has 7 heteroatoms. The van der Waals surface area contributed by atoms with Crippen LogP contribution >= 0.6 is 0 Å². The lowest BCUT2D eigenvalue weighted by molar-refractivity contribution is -0.137. The molecule has 0 aliphatic carbocycles. The van der Waals surface area contributed by atoms with E-state index in [9.17, 15) is 9.59 Å². The third kappa shape index (κ3) is 4.58. The van der Waals surface area contributed by atoms with Crippen molar-refractivity contribution in [2.75, 3.05) is 26.3 Å². The fourth-order valence-electron chi connectivity index (χ4n) is 1.63. The van der Waals surface area contributed by atoms with Crippen molar-refractivity contribution in [3.05, 3.63) is 0 Å². The lowest BCUT2D eigenvalue weighted by atomic mass is 10.2. The molecule has 0 saturated carbocycles. The molecule has 0 bridgehead atoms. The first-order valence-corrected chi connectivity index (χ1v) is 5.52. The number of carbonyl (C=O) groups is 2. The average molecular weight is 246 g/mol. The van der Waals surface area contributed by atoms with Crippen molar-refractivity contribution in [1.29, 1.82) is 0 Å². The Hall–Kier alpha value is -1.34. The monoisotopic (exact) mass is 246 g/mol. The number of aliphatic hydroxyl groups is 1. The molecule has 0 aromatic carbocycles. The van der Waals surface area contributed by atoms with Crippen LogP contribution in [0.15, 0.2) is 0 Å². The standard InChI is InChI=1S/C10H18N2O5/c1-7(4-9(14)15)11-10(16)12-2-3-17-8(5-12)6-13/h7-8,13H,2-6H2,1H3,(H,11,16)(H,14,15). The molecular formula is C10H18N2O5. The zero-order chi connectivity index (χ0) is 12.8. The van der Waals surface area contributed by atoms with Gasteiger partial charge in [0.05, 0.1) is 32.3 Å². The van der Waals surface area contributed by atoms with E-state index < -0.39 is 12.0 Å². The smallest absolute Gasteiger partial charge is 0.317 e. The third-order valence-electron chi connectivity index (χ3n) is 2.48. The molecule has 1 aliphatic rings. The van der Waals surface area contributed by atoms with Crippen molar-refractivity contribution in [2.24, 2.45) is 0 Å². The Labute approximate surface area is 99.4 Å². The first-order valence-electron chi connectivity index (χ1n) is 5.52. The summed E-state index contributed by atoms with van der Waals surface area (Å²) in [4.78, 5) is 23.7. The summed E-state index contributed by atoms with van der Waals surface area (Å²) >= 11 is 0. The van der Waals surface area contributed by atoms with E-state index in [2.05, 4.69) is 5.32 Å². The van der Waals surface area contributed by atoms with Crippen LogP contribution in [0.2, 0.25) is 0 Å². The number of hydrogen-bond donors (Lipinski definition) is 3. The Bertz CT molecular complexity index is 284. The number of aliphatic hydroxyl groups excluding tert-OH is 1. The fourth-order valence-corrected chi connectivity index (χ4v) is 1.63. The van der Waals surface area contributed by atoms with Crippen molar-refractivity contribution < 1.29 is 24.5 Å². The van der Waals surface area contributed by atoms with Crippen LogP contribution in [0, 0.1) is 0 Å². The van der Waals surface area contributed by atoms with Gasteiger partial charge in [0.15, 0.2) is 0 Å². The molecule has 3 N–H and O–H groups in total. The number of amides is 2. The number of ether oxygens (including phenoxy) is 1. The summed E-state index contributed by atoms with van der Waals surface area (Å²) in [6, 6.07) is -0.740. The van der Waals surface area contributed by atoms with Gasteiger partial charge in [-0.2, -0.15) is 0 Å². The van der Waals surface area contributed by atoms with Gasteiger partial charge in [0.25, 0.3) is 0 Å². The molecule has 2 amide bonds. The molecule has 0 aromatic heterocycles. The summed E-state index contributed by atoms with van der Waals surface area (Å²) in [5.74, 6) is -0.951. The number of aliphatic carboxylic acids is 1. The second-order valence-corrected chi connectivity index (χ2v) is 4.07. The summed E-state index contributed by atoms with van der Waals surface area (Å²) < 4.78 is 5.21. The van der Waals surface area contributed by atoms with E-state index in [0.29, 0.717) is 19.7 Å². The Morgan fingerprint density at radius 2 is 2.29 bits per heavy atom. The predicted octanol–water partition coefficient (Wildman–Crippen LogP) is -0.748. The van der Waals surface area contributed by atoms with E-state index in [0.717, 1.165) is 0 Å².